The molecule has 12 heteroatoms. The Bertz CT molecular complexity index is 1310. The molecule has 3 aromatic rings. The predicted molar refractivity (Wildman–Crippen MR) is 125 cm³/mol. The van der Waals surface area contributed by atoms with Gasteiger partial charge in [-0.05, 0) is 5.92 Å². The summed E-state index contributed by atoms with van der Waals surface area (Å²) in [6, 6.07) is 7.45. The molecular weight excluding hydrogens is 456 g/mol. The lowest BCUT2D eigenvalue weighted by Gasteiger charge is -2.20. The molecular formula is C23H26N6O6. The second-order valence-corrected chi connectivity index (χ2v) is 9.30. The van der Waals surface area contributed by atoms with Gasteiger partial charge in [0.2, 0.25) is 17.6 Å². The van der Waals surface area contributed by atoms with E-state index in [0.29, 0.717) is 5.56 Å². The first-order chi connectivity index (χ1) is 16.4. The van der Waals surface area contributed by atoms with Crippen molar-refractivity contribution in [3.8, 4) is 11.4 Å². The molecule has 1 N–H and O–H groups in total. The molecule has 0 saturated carbocycles. The summed E-state index contributed by atoms with van der Waals surface area (Å²) in [5, 5.41) is 21.6. The molecule has 0 radical (unpaired) electrons. The number of hydrogen-bond acceptors (Lipinski definition) is 9. The van der Waals surface area contributed by atoms with Gasteiger partial charge in [0, 0.05) is 11.0 Å². The van der Waals surface area contributed by atoms with Gasteiger partial charge in [-0.25, -0.2) is 4.98 Å². The quantitative estimate of drug-likeness (QED) is 0.289. The van der Waals surface area contributed by atoms with Crippen molar-refractivity contribution in [2.45, 2.75) is 52.6 Å². The first-order valence-electron chi connectivity index (χ1n) is 10.9. The van der Waals surface area contributed by atoms with E-state index in [2.05, 4.69) is 20.5 Å². The van der Waals surface area contributed by atoms with E-state index >= 15 is 0 Å². The number of nitrogens with zero attached hydrogens (tertiary/aromatic N) is 5. The Labute approximate surface area is 200 Å². The molecule has 2 heterocycles. The van der Waals surface area contributed by atoms with E-state index in [9.17, 15) is 24.5 Å². The minimum Gasteiger partial charge on any atom is -0.418 e. The summed E-state index contributed by atoms with van der Waals surface area (Å²) >= 11 is 0. The zero-order valence-corrected chi connectivity index (χ0v) is 20.0. The summed E-state index contributed by atoms with van der Waals surface area (Å²) in [6.07, 6.45) is 0.863. The third kappa shape index (κ3) is 5.65. The van der Waals surface area contributed by atoms with Crippen molar-refractivity contribution in [1.29, 1.82) is 0 Å². The molecule has 0 aliphatic rings. The Balaban J connectivity index is 1.91. The molecule has 0 saturated heterocycles. The van der Waals surface area contributed by atoms with Gasteiger partial charge in [0.25, 0.3) is 5.89 Å². The van der Waals surface area contributed by atoms with E-state index in [1.807, 2.05) is 20.8 Å². The van der Waals surface area contributed by atoms with Crippen LogP contribution < -0.4 is 10.9 Å². The average molecular weight is 482 g/mol. The molecule has 2 aromatic heterocycles. The summed E-state index contributed by atoms with van der Waals surface area (Å²) in [7, 11) is 0. The number of ketones is 1. The number of rotatable bonds is 8. The zero-order chi connectivity index (χ0) is 25.9. The normalized spacial score (nSPS) is 12.4. The van der Waals surface area contributed by atoms with Gasteiger partial charge in [-0.15, -0.1) is 10.2 Å². The lowest BCUT2D eigenvalue weighted by Crippen LogP contribution is -2.46. The molecule has 12 nitrogen and oxygen atoms in total. The highest BCUT2D eigenvalue weighted by molar-refractivity contribution is 5.98. The number of hydrogen-bond donors (Lipinski definition) is 1. The summed E-state index contributed by atoms with van der Waals surface area (Å²) in [5.41, 5.74) is -1.73. The number of amides is 1. The van der Waals surface area contributed by atoms with Gasteiger partial charge < -0.3 is 9.73 Å². The highest BCUT2D eigenvalue weighted by Gasteiger charge is 2.32. The van der Waals surface area contributed by atoms with Crippen LogP contribution in [0.15, 0.2) is 45.7 Å². The van der Waals surface area contributed by atoms with E-state index in [1.54, 1.807) is 44.2 Å². The average Bonchev–Trinajstić information content (AvgIpc) is 3.29. The molecule has 0 bridgehead atoms. The molecule has 1 atom stereocenters. The molecule has 0 fully saturated rings. The number of nitro groups is 1. The SMILES string of the molecule is CC(C)[C@@H](NC(=O)Cn1c(-c2ccccc2)ncc([N+](=O)[O-])c1=O)C(=O)c1nnc(C(C)(C)C)o1. The van der Waals surface area contributed by atoms with Crippen LogP contribution in [0.5, 0.6) is 0 Å². The van der Waals surface area contributed by atoms with Crippen molar-refractivity contribution in [1.82, 2.24) is 25.1 Å². The van der Waals surface area contributed by atoms with E-state index in [-0.39, 0.29) is 23.5 Å². The monoisotopic (exact) mass is 482 g/mol. The van der Waals surface area contributed by atoms with Crippen LogP contribution in [0.2, 0.25) is 0 Å². The summed E-state index contributed by atoms with van der Waals surface area (Å²) < 4.78 is 6.43. The lowest BCUT2D eigenvalue weighted by atomic mass is 9.97. The van der Waals surface area contributed by atoms with E-state index in [4.69, 9.17) is 4.42 Å². The first-order valence-corrected chi connectivity index (χ1v) is 10.9. The van der Waals surface area contributed by atoms with Crippen LogP contribution in [0.3, 0.4) is 0 Å². The fraction of sp³-hybridized carbons (Fsp3) is 0.391. The van der Waals surface area contributed by atoms with Crippen LogP contribution in [0.1, 0.15) is 51.2 Å². The number of carbonyl (C=O) groups excluding carboxylic acids is 2. The smallest absolute Gasteiger partial charge is 0.352 e. The largest absolute Gasteiger partial charge is 0.418 e. The minimum absolute atomic E-state index is 0.0792. The van der Waals surface area contributed by atoms with Gasteiger partial charge in [-0.3, -0.25) is 29.1 Å². The molecule has 1 amide bonds. The molecule has 0 unspecified atom stereocenters. The maximum atomic E-state index is 13.0. The van der Waals surface area contributed by atoms with E-state index < -0.39 is 45.9 Å². The number of aromatic nitrogens is 4. The molecule has 0 aliphatic carbocycles. The second-order valence-electron chi connectivity index (χ2n) is 9.30. The van der Waals surface area contributed by atoms with Gasteiger partial charge >= 0.3 is 11.2 Å². The first kappa shape index (κ1) is 25.4. The predicted octanol–water partition coefficient (Wildman–Crippen LogP) is 2.52. The van der Waals surface area contributed by atoms with Crippen molar-refractivity contribution in [2.24, 2.45) is 5.92 Å². The number of benzene rings is 1. The molecule has 0 aliphatic heterocycles. The third-order valence-corrected chi connectivity index (χ3v) is 5.10. The van der Waals surface area contributed by atoms with Gasteiger partial charge in [0.15, 0.2) is 0 Å². The Kier molecular flexibility index (Phi) is 7.22. The Morgan fingerprint density at radius 1 is 1.17 bits per heavy atom. The van der Waals surface area contributed by atoms with Gasteiger partial charge in [0.1, 0.15) is 18.6 Å². The van der Waals surface area contributed by atoms with E-state index in [1.165, 1.54) is 0 Å². The standard InChI is InChI=1S/C23H26N6O6/c1-13(2)17(18(31)20-26-27-22(35-20)23(3,4)5)25-16(30)12-28-19(14-9-7-6-8-10-14)24-11-15(21(28)32)29(33)34/h6-11,13,17H,12H2,1-5H3,(H,25,30)/t17-/m1/s1. The molecule has 0 spiro atoms. The molecule has 3 rings (SSSR count). The summed E-state index contributed by atoms with van der Waals surface area (Å²) in [4.78, 5) is 53.3. The molecule has 35 heavy (non-hydrogen) atoms. The van der Waals surface area contributed by atoms with Crippen molar-refractivity contribution < 1.29 is 18.9 Å². The molecule has 184 valence electrons. The van der Waals surface area contributed by atoms with Gasteiger partial charge in [0.05, 0.1) is 11.0 Å². The van der Waals surface area contributed by atoms with Crippen molar-refractivity contribution >= 4 is 17.4 Å². The Morgan fingerprint density at radius 2 is 1.83 bits per heavy atom. The topological polar surface area (TPSA) is 163 Å². The van der Waals surface area contributed by atoms with Crippen LogP contribution in [-0.2, 0) is 16.8 Å². The second kappa shape index (κ2) is 9.95. The minimum atomic E-state index is -1.03. The van der Waals surface area contributed by atoms with Crippen LogP contribution in [-0.4, -0.2) is 42.4 Å². The maximum absolute atomic E-state index is 13.0. The number of carbonyl (C=O) groups is 2. The maximum Gasteiger partial charge on any atom is 0.352 e. The van der Waals surface area contributed by atoms with Crippen LogP contribution >= 0.6 is 0 Å². The number of Topliss-reactive ketones (excluding diaryl/α,β-unsaturated/α-hetero) is 1. The Morgan fingerprint density at radius 3 is 2.37 bits per heavy atom. The fourth-order valence-corrected chi connectivity index (χ4v) is 3.23. The number of nitrogens with one attached hydrogen (secondary N) is 1. The Hall–Kier alpha value is -4.22. The lowest BCUT2D eigenvalue weighted by molar-refractivity contribution is -0.386. The van der Waals surface area contributed by atoms with Crippen molar-refractivity contribution in [3.63, 3.8) is 0 Å². The fourth-order valence-electron chi connectivity index (χ4n) is 3.23. The van der Waals surface area contributed by atoms with Crippen LogP contribution in [0.4, 0.5) is 5.69 Å². The third-order valence-electron chi connectivity index (χ3n) is 5.10. The van der Waals surface area contributed by atoms with Crippen LogP contribution in [0.25, 0.3) is 11.4 Å². The van der Waals surface area contributed by atoms with Crippen LogP contribution in [0, 0.1) is 16.0 Å². The van der Waals surface area contributed by atoms with Gasteiger partial charge in [-0.2, -0.15) is 0 Å². The van der Waals surface area contributed by atoms with Gasteiger partial charge in [-0.1, -0.05) is 65.0 Å². The summed E-state index contributed by atoms with van der Waals surface area (Å²) in [6.45, 7) is 8.41. The van der Waals surface area contributed by atoms with Crippen molar-refractivity contribution in [3.05, 3.63) is 68.8 Å². The molecule has 1 aromatic carbocycles. The summed E-state index contributed by atoms with van der Waals surface area (Å²) in [5.74, 6) is -1.54. The zero-order valence-electron chi connectivity index (χ0n) is 20.0. The highest BCUT2D eigenvalue weighted by Crippen LogP contribution is 2.22. The van der Waals surface area contributed by atoms with Crippen molar-refractivity contribution in [2.75, 3.05) is 0 Å². The highest BCUT2D eigenvalue weighted by atomic mass is 16.6. The van der Waals surface area contributed by atoms with E-state index in [0.717, 1.165) is 10.8 Å².